The number of H-pyrrole nitrogens is 3. The normalized spacial score (nSPS) is 11.1. The van der Waals surface area contributed by atoms with E-state index in [-0.39, 0.29) is 65.6 Å². The van der Waals surface area contributed by atoms with Crippen LogP contribution in [-0.2, 0) is 33.1 Å². The van der Waals surface area contributed by atoms with Gasteiger partial charge >= 0.3 is 0 Å². The fourth-order valence-electron chi connectivity index (χ4n) is 8.02. The minimum absolute atomic E-state index is 0.00710. The Kier molecular flexibility index (Phi) is 15.5. The first-order chi connectivity index (χ1) is 39.2. The van der Waals surface area contributed by atoms with Crippen molar-refractivity contribution >= 4 is 0 Å². The Morgan fingerprint density at radius 2 is 0.988 bits per heavy atom. The molecule has 0 fully saturated rings. The predicted molar refractivity (Wildman–Crippen MR) is 277 cm³/mol. The zero-order chi connectivity index (χ0) is 56.7. The number of aromatic amines is 3. The van der Waals surface area contributed by atoms with Crippen LogP contribution in [0.3, 0.4) is 0 Å². The Morgan fingerprint density at radius 3 is 1.48 bits per heavy atom. The van der Waals surface area contributed by atoms with E-state index in [0.717, 1.165) is 18.5 Å². The number of hydrogen-bond donors (Lipinski definition) is 3. The SMILES string of the molecule is CCc1cnc(-c2cc(-c3ccon3)n(Cc3ccccc3F)n2)[nH]c1=O.Cn1ccc(-c2cc(-c3ncc(F)c(=O)[nH]3)nn2Cc2ccccc2F)n1.O=c1[nH]c(-c2cc(-c3ncco3)n(Cc3cccc(F)c3F)n2)ncc1F. The molecule has 0 saturated carbocycles. The van der Waals surface area contributed by atoms with E-state index in [9.17, 15) is 40.7 Å². The molecule has 0 atom stereocenters. The molecular formula is C54H40F6N16O5. The largest absolute Gasteiger partial charge is 0.443 e. The van der Waals surface area contributed by atoms with Crippen molar-refractivity contribution in [2.75, 3.05) is 0 Å². The van der Waals surface area contributed by atoms with Crippen molar-refractivity contribution in [2.45, 2.75) is 33.0 Å². The van der Waals surface area contributed by atoms with E-state index in [1.807, 2.05) is 6.92 Å². The number of nitrogens with zero attached hydrogens (tertiary/aromatic N) is 13. The summed E-state index contributed by atoms with van der Waals surface area (Å²) in [5.74, 6) is -4.03. The van der Waals surface area contributed by atoms with Crippen molar-refractivity contribution < 1.29 is 35.3 Å². The molecule has 81 heavy (non-hydrogen) atoms. The number of halogens is 6. The molecule has 0 spiro atoms. The van der Waals surface area contributed by atoms with Gasteiger partial charge < -0.3 is 23.9 Å². The Bertz CT molecular complexity index is 4350. The molecule has 0 aliphatic carbocycles. The highest BCUT2D eigenvalue weighted by molar-refractivity contribution is 5.64. The van der Waals surface area contributed by atoms with Crippen LogP contribution < -0.4 is 16.7 Å². The van der Waals surface area contributed by atoms with Crippen molar-refractivity contribution in [1.29, 1.82) is 0 Å². The lowest BCUT2D eigenvalue weighted by molar-refractivity contribution is 0.421. The number of oxazole rings is 1. The number of benzene rings is 3. The van der Waals surface area contributed by atoms with Crippen LogP contribution in [0.15, 0.2) is 164 Å². The molecule has 27 heteroatoms. The molecule has 0 aliphatic heterocycles. The lowest BCUT2D eigenvalue weighted by Crippen LogP contribution is -2.14. The smallest absolute Gasteiger partial charge is 0.287 e. The average molecular weight is 1110 g/mol. The van der Waals surface area contributed by atoms with Crippen molar-refractivity contribution in [3.63, 3.8) is 0 Å². The van der Waals surface area contributed by atoms with Crippen LogP contribution in [-0.4, -0.2) is 79.2 Å². The molecule has 12 aromatic rings. The maximum Gasteiger partial charge on any atom is 0.287 e. The van der Waals surface area contributed by atoms with Crippen LogP contribution in [0.25, 0.3) is 68.9 Å². The Balaban J connectivity index is 0.000000136. The summed E-state index contributed by atoms with van der Waals surface area (Å²) in [5, 5.41) is 21.5. The van der Waals surface area contributed by atoms with E-state index in [0.29, 0.717) is 68.8 Å². The fraction of sp³-hybridized carbons (Fsp3) is 0.111. The highest BCUT2D eigenvalue weighted by Crippen LogP contribution is 2.28. The first kappa shape index (κ1) is 53.5. The molecule has 3 N–H and O–H groups in total. The zero-order valence-corrected chi connectivity index (χ0v) is 42.2. The van der Waals surface area contributed by atoms with Gasteiger partial charge in [-0.25, -0.2) is 37.5 Å². The third kappa shape index (κ3) is 12.0. The number of rotatable bonds is 13. The molecular weight excluding hydrogens is 1070 g/mol. The van der Waals surface area contributed by atoms with E-state index in [1.54, 1.807) is 94.2 Å². The first-order valence-electron chi connectivity index (χ1n) is 24.2. The molecule has 12 rings (SSSR count). The maximum atomic E-state index is 14.1. The van der Waals surface area contributed by atoms with Crippen molar-refractivity contribution in [1.82, 2.24) is 79.2 Å². The molecule has 0 unspecified atom stereocenters. The monoisotopic (exact) mass is 1110 g/mol. The topological polar surface area (TPSA) is 261 Å². The minimum atomic E-state index is -1.03. The molecule has 0 saturated heterocycles. The summed E-state index contributed by atoms with van der Waals surface area (Å²) in [6.07, 6.45) is 9.71. The second-order valence-electron chi connectivity index (χ2n) is 17.5. The molecule has 408 valence electrons. The van der Waals surface area contributed by atoms with Crippen LogP contribution in [0.2, 0.25) is 0 Å². The summed E-state index contributed by atoms with van der Waals surface area (Å²) in [7, 11) is 1.78. The summed E-state index contributed by atoms with van der Waals surface area (Å²) in [6, 6.07) is 25.1. The number of nitrogens with one attached hydrogen (secondary N) is 3. The zero-order valence-electron chi connectivity index (χ0n) is 42.2. The van der Waals surface area contributed by atoms with Gasteiger partial charge in [0.05, 0.1) is 49.6 Å². The standard InChI is InChI=1S/C19H16FN5O2.C18H14F2N6O.C17H10F3N5O2/c1-2-12-10-21-18(22-19(12)26)16-9-17(15-7-8-27-24-15)25(23-16)11-13-5-3-4-6-14(13)20;1-25-7-6-14(23-25)16-8-15(17-21-9-13(20)18(27)22-17)24-26(16)10-11-4-2-3-5-12(11)19;18-10-3-1-2-9(14(10)20)8-25-13(17-21-4-5-27-17)6-12(24-25)15-22-7-11(19)16(26)23-15/h3-10H,2,11H2,1H3,(H,21,22,26);2-9H,10H2,1H3,(H,21,22,27);1-7H,8H2,(H,22,23,26). The Labute approximate surface area is 450 Å². The second kappa shape index (κ2) is 23.4. The van der Waals surface area contributed by atoms with E-state index < -0.39 is 34.4 Å². The molecule has 9 aromatic heterocycles. The molecule has 0 bridgehead atoms. The third-order valence-corrected chi connectivity index (χ3v) is 12.1. The van der Waals surface area contributed by atoms with Gasteiger partial charge in [0, 0.05) is 53.8 Å². The molecule has 21 nitrogen and oxygen atoms in total. The lowest BCUT2D eigenvalue weighted by atomic mass is 10.2. The van der Waals surface area contributed by atoms with Crippen LogP contribution in [0.4, 0.5) is 26.3 Å². The van der Waals surface area contributed by atoms with Gasteiger partial charge in [-0.15, -0.1) is 0 Å². The molecule has 9 heterocycles. The van der Waals surface area contributed by atoms with Gasteiger partial charge in [0.2, 0.25) is 17.5 Å². The van der Waals surface area contributed by atoms with E-state index in [1.165, 1.54) is 53.7 Å². The molecule has 0 amide bonds. The molecule has 0 aliphatic rings. The minimum Gasteiger partial charge on any atom is -0.443 e. The van der Waals surface area contributed by atoms with E-state index >= 15 is 0 Å². The van der Waals surface area contributed by atoms with E-state index in [4.69, 9.17) is 8.94 Å². The summed E-state index contributed by atoms with van der Waals surface area (Å²) in [5.41, 5.74) is 3.26. The first-order valence-corrected chi connectivity index (χ1v) is 24.2. The van der Waals surface area contributed by atoms with E-state index in [2.05, 4.69) is 60.4 Å². The summed E-state index contributed by atoms with van der Waals surface area (Å²) in [6.45, 7) is 2.11. The van der Waals surface area contributed by atoms with Gasteiger partial charge in [0.1, 0.15) is 58.3 Å². The average Bonchev–Trinajstić information content (AvgIpc) is 4.39. The highest BCUT2D eigenvalue weighted by atomic mass is 19.2. The number of aryl methyl sites for hydroxylation is 2. The Morgan fingerprint density at radius 1 is 0.481 bits per heavy atom. The van der Waals surface area contributed by atoms with Gasteiger partial charge in [-0.05, 0) is 42.8 Å². The Hall–Kier alpha value is -10.9. The van der Waals surface area contributed by atoms with Crippen molar-refractivity contribution in [3.05, 3.63) is 229 Å². The molecule has 0 radical (unpaired) electrons. The van der Waals surface area contributed by atoms with Crippen molar-refractivity contribution in [3.8, 4) is 68.9 Å². The quantitative estimate of drug-likeness (QED) is 0.0921. The fourth-order valence-corrected chi connectivity index (χ4v) is 8.02. The van der Waals surface area contributed by atoms with Crippen LogP contribution in [0.5, 0.6) is 0 Å². The van der Waals surface area contributed by atoms with Crippen LogP contribution in [0, 0.1) is 34.9 Å². The number of aromatic nitrogens is 16. The predicted octanol–water partition coefficient (Wildman–Crippen LogP) is 8.15. The van der Waals surface area contributed by atoms with Gasteiger partial charge in [-0.1, -0.05) is 60.6 Å². The van der Waals surface area contributed by atoms with Gasteiger partial charge in [0.15, 0.2) is 29.1 Å². The molecule has 3 aromatic carbocycles. The van der Waals surface area contributed by atoms with Gasteiger partial charge in [0.25, 0.3) is 16.7 Å². The number of hydrogen-bond acceptors (Lipinski definition) is 14. The highest BCUT2D eigenvalue weighted by Gasteiger charge is 2.21. The van der Waals surface area contributed by atoms with Gasteiger partial charge in [-0.2, -0.15) is 29.2 Å². The lowest BCUT2D eigenvalue weighted by Gasteiger charge is -2.07. The summed E-state index contributed by atoms with van der Waals surface area (Å²) >= 11 is 0. The third-order valence-electron chi connectivity index (χ3n) is 12.1. The van der Waals surface area contributed by atoms with Crippen LogP contribution in [0.1, 0.15) is 29.2 Å². The summed E-state index contributed by atoms with van der Waals surface area (Å²) < 4.78 is 98.4. The second-order valence-corrected chi connectivity index (χ2v) is 17.5. The van der Waals surface area contributed by atoms with Gasteiger partial charge in [-0.3, -0.25) is 33.1 Å². The van der Waals surface area contributed by atoms with Crippen molar-refractivity contribution in [2.24, 2.45) is 7.05 Å². The van der Waals surface area contributed by atoms with Crippen LogP contribution >= 0.6 is 0 Å². The maximum absolute atomic E-state index is 14.1. The summed E-state index contributed by atoms with van der Waals surface area (Å²) in [4.78, 5) is 58.5.